The molecule has 5 unspecified atom stereocenters. The Kier molecular flexibility index (Phi) is 11.7. The van der Waals surface area contributed by atoms with Gasteiger partial charge in [0.2, 0.25) is 29.5 Å². The van der Waals surface area contributed by atoms with Gasteiger partial charge in [-0.05, 0) is 13.3 Å². The number of primary amides is 2. The number of rotatable bonds is 14. The second kappa shape index (κ2) is 13.1. The van der Waals surface area contributed by atoms with Crippen molar-refractivity contribution in [2.75, 3.05) is 6.61 Å². The lowest BCUT2D eigenvalue weighted by Crippen LogP contribution is -2.59. The normalized spacial score (nSPS) is 15.5. The van der Waals surface area contributed by atoms with Gasteiger partial charge in [0.15, 0.2) is 0 Å². The summed E-state index contributed by atoms with van der Waals surface area (Å²) >= 11 is 0. The van der Waals surface area contributed by atoms with Gasteiger partial charge in [0, 0.05) is 6.42 Å². The number of aliphatic hydroxyl groups is 2. The van der Waals surface area contributed by atoms with Gasteiger partial charge in [-0.2, -0.15) is 0 Å². The molecule has 0 aromatic heterocycles. The van der Waals surface area contributed by atoms with E-state index in [1.54, 1.807) is 0 Å². The number of nitrogens with one attached hydrogen (secondary N) is 3. The molecule has 0 spiro atoms. The van der Waals surface area contributed by atoms with Gasteiger partial charge in [-0.15, -0.1) is 0 Å². The minimum atomic E-state index is -1.66. The van der Waals surface area contributed by atoms with Crippen molar-refractivity contribution in [2.24, 2.45) is 17.2 Å². The van der Waals surface area contributed by atoms with Gasteiger partial charge in [0.25, 0.3) is 0 Å². The molecule has 0 aromatic rings. The van der Waals surface area contributed by atoms with E-state index in [0.717, 1.165) is 0 Å². The number of carboxylic acids is 1. The standard InChI is InChI=1S/C16H28N6O9/c1-6(24)12(19)15(29)22-9(5-23)14(28)21-8(4-11(18)26)13(27)20-7(16(30)31)2-3-10(17)25/h6-9,12,23-24H,2-5,19H2,1H3,(H2,17,25)(H2,18,26)(H,20,27)(H,21,28)(H,22,29)(H,30,31). The molecule has 0 aromatic carbocycles. The van der Waals surface area contributed by atoms with Crippen molar-refractivity contribution in [3.05, 3.63) is 0 Å². The lowest BCUT2D eigenvalue weighted by Gasteiger charge is -2.24. The van der Waals surface area contributed by atoms with Crippen LogP contribution in [0.2, 0.25) is 0 Å². The Balaban J connectivity index is 5.31. The van der Waals surface area contributed by atoms with Crippen LogP contribution in [0, 0.1) is 0 Å². The Morgan fingerprint density at radius 1 is 0.839 bits per heavy atom. The van der Waals surface area contributed by atoms with E-state index in [1.807, 2.05) is 5.32 Å². The Hall–Kier alpha value is -3.30. The SMILES string of the molecule is CC(O)C(N)C(=O)NC(CO)C(=O)NC(CC(N)=O)C(=O)NC(CCC(N)=O)C(=O)O. The lowest BCUT2D eigenvalue weighted by atomic mass is 10.1. The number of amides is 5. The Morgan fingerprint density at radius 2 is 1.32 bits per heavy atom. The zero-order valence-electron chi connectivity index (χ0n) is 16.7. The second-order valence-corrected chi connectivity index (χ2v) is 6.65. The second-order valence-electron chi connectivity index (χ2n) is 6.65. The molecule has 0 aliphatic carbocycles. The average Bonchev–Trinajstić information content (AvgIpc) is 2.66. The number of hydrogen-bond donors (Lipinski definition) is 9. The van der Waals surface area contributed by atoms with E-state index in [4.69, 9.17) is 22.3 Å². The van der Waals surface area contributed by atoms with Crippen LogP contribution in [0.15, 0.2) is 0 Å². The van der Waals surface area contributed by atoms with Crippen molar-refractivity contribution in [1.82, 2.24) is 16.0 Å². The smallest absolute Gasteiger partial charge is 0.326 e. The molecule has 0 radical (unpaired) electrons. The lowest BCUT2D eigenvalue weighted by molar-refractivity contribution is -0.142. The van der Waals surface area contributed by atoms with E-state index in [2.05, 4.69) is 10.6 Å². The van der Waals surface area contributed by atoms with E-state index in [-0.39, 0.29) is 12.8 Å². The molecule has 0 bridgehead atoms. The van der Waals surface area contributed by atoms with Crippen molar-refractivity contribution < 1.29 is 44.1 Å². The molecule has 0 aliphatic heterocycles. The maximum atomic E-state index is 12.4. The summed E-state index contributed by atoms with van der Waals surface area (Å²) in [4.78, 5) is 69.9. The monoisotopic (exact) mass is 448 g/mol. The van der Waals surface area contributed by atoms with E-state index in [9.17, 15) is 39.0 Å². The highest BCUT2D eigenvalue weighted by molar-refractivity contribution is 5.96. The molecule has 0 rings (SSSR count). The van der Waals surface area contributed by atoms with Crippen LogP contribution >= 0.6 is 0 Å². The fourth-order valence-corrected chi connectivity index (χ4v) is 2.18. The molecule has 31 heavy (non-hydrogen) atoms. The molecule has 15 nitrogen and oxygen atoms in total. The molecule has 176 valence electrons. The van der Waals surface area contributed by atoms with Crippen molar-refractivity contribution in [3.63, 3.8) is 0 Å². The van der Waals surface area contributed by atoms with Crippen LogP contribution in [-0.2, 0) is 28.8 Å². The molecule has 0 heterocycles. The third-order valence-electron chi connectivity index (χ3n) is 3.97. The summed E-state index contributed by atoms with van der Waals surface area (Å²) in [5.74, 6) is -6.53. The van der Waals surface area contributed by atoms with Gasteiger partial charge in [-0.25, -0.2) is 4.79 Å². The van der Waals surface area contributed by atoms with Crippen LogP contribution in [0.1, 0.15) is 26.2 Å². The Labute approximate surface area is 176 Å². The largest absolute Gasteiger partial charge is 0.480 e. The zero-order valence-corrected chi connectivity index (χ0v) is 16.7. The third-order valence-corrected chi connectivity index (χ3v) is 3.97. The highest BCUT2D eigenvalue weighted by Crippen LogP contribution is 2.01. The summed E-state index contributed by atoms with van der Waals surface area (Å²) in [6, 6.07) is -6.22. The van der Waals surface area contributed by atoms with Crippen molar-refractivity contribution in [1.29, 1.82) is 0 Å². The number of aliphatic hydroxyl groups excluding tert-OH is 2. The summed E-state index contributed by atoms with van der Waals surface area (Å²) in [5, 5.41) is 34.0. The van der Waals surface area contributed by atoms with Crippen LogP contribution in [0.3, 0.4) is 0 Å². The van der Waals surface area contributed by atoms with E-state index >= 15 is 0 Å². The van der Waals surface area contributed by atoms with E-state index in [1.165, 1.54) is 6.92 Å². The number of carbonyl (C=O) groups is 6. The first-order valence-electron chi connectivity index (χ1n) is 9.05. The molecular weight excluding hydrogens is 420 g/mol. The summed E-state index contributed by atoms with van der Waals surface area (Å²) in [6.07, 6.45) is -2.70. The van der Waals surface area contributed by atoms with Gasteiger partial charge < -0.3 is 48.5 Å². The first-order valence-corrected chi connectivity index (χ1v) is 9.05. The van der Waals surface area contributed by atoms with Gasteiger partial charge in [0.1, 0.15) is 24.2 Å². The fourth-order valence-electron chi connectivity index (χ4n) is 2.18. The molecule has 15 heteroatoms. The third kappa shape index (κ3) is 10.3. The molecule has 12 N–H and O–H groups in total. The first-order chi connectivity index (χ1) is 14.3. The first kappa shape index (κ1) is 27.7. The Bertz CT molecular complexity index is 699. The fraction of sp³-hybridized carbons (Fsp3) is 0.625. The highest BCUT2D eigenvalue weighted by Gasteiger charge is 2.31. The van der Waals surface area contributed by atoms with Crippen LogP contribution in [0.25, 0.3) is 0 Å². The molecule has 0 saturated carbocycles. The zero-order chi connectivity index (χ0) is 24.3. The molecule has 0 fully saturated rings. The van der Waals surface area contributed by atoms with Gasteiger partial charge in [-0.3, -0.25) is 24.0 Å². The van der Waals surface area contributed by atoms with Crippen LogP contribution in [0.4, 0.5) is 0 Å². The van der Waals surface area contributed by atoms with Gasteiger partial charge in [-0.1, -0.05) is 0 Å². The highest BCUT2D eigenvalue weighted by atomic mass is 16.4. The van der Waals surface area contributed by atoms with Crippen molar-refractivity contribution >= 4 is 35.5 Å². The van der Waals surface area contributed by atoms with Crippen molar-refractivity contribution in [2.45, 2.75) is 56.5 Å². The molecule has 0 aliphatic rings. The van der Waals surface area contributed by atoms with Crippen LogP contribution < -0.4 is 33.2 Å². The van der Waals surface area contributed by atoms with Gasteiger partial charge in [0.05, 0.1) is 19.1 Å². The van der Waals surface area contributed by atoms with E-state index < -0.39 is 78.8 Å². The number of carboxylic acid groups (broad SMARTS) is 1. The minimum absolute atomic E-state index is 0.347. The predicted octanol–water partition coefficient (Wildman–Crippen LogP) is -5.63. The number of carbonyl (C=O) groups excluding carboxylic acids is 5. The average molecular weight is 448 g/mol. The maximum absolute atomic E-state index is 12.4. The molecule has 5 atom stereocenters. The quantitative estimate of drug-likeness (QED) is 0.121. The van der Waals surface area contributed by atoms with Gasteiger partial charge >= 0.3 is 5.97 Å². The number of aliphatic carboxylic acids is 1. The topological polar surface area (TPSA) is 277 Å². The summed E-state index contributed by atoms with van der Waals surface area (Å²) in [6.45, 7) is 0.300. The summed E-state index contributed by atoms with van der Waals surface area (Å²) in [7, 11) is 0. The number of nitrogens with two attached hydrogens (primary N) is 3. The molecular formula is C16H28N6O9. The molecule has 0 saturated heterocycles. The van der Waals surface area contributed by atoms with Crippen molar-refractivity contribution in [3.8, 4) is 0 Å². The predicted molar refractivity (Wildman–Crippen MR) is 102 cm³/mol. The van der Waals surface area contributed by atoms with Crippen LogP contribution in [0.5, 0.6) is 0 Å². The van der Waals surface area contributed by atoms with E-state index in [0.29, 0.717) is 0 Å². The minimum Gasteiger partial charge on any atom is -0.480 e. The maximum Gasteiger partial charge on any atom is 0.326 e. The summed E-state index contributed by atoms with van der Waals surface area (Å²) < 4.78 is 0. The summed E-state index contributed by atoms with van der Waals surface area (Å²) in [5.41, 5.74) is 15.4. The number of hydrogen-bond acceptors (Lipinski definition) is 9. The molecule has 5 amide bonds. The Morgan fingerprint density at radius 3 is 1.74 bits per heavy atom. The van der Waals surface area contributed by atoms with Crippen LogP contribution in [-0.4, -0.2) is 87.7 Å².